The van der Waals surface area contributed by atoms with E-state index < -0.39 is 0 Å². The van der Waals surface area contributed by atoms with Gasteiger partial charge in [-0.25, -0.2) is 4.85 Å². The SMILES string of the molecule is [C-]#[N+]c1ccc2c(c1)c(C1CCCC1CN(C)C)cn2CC. The topological polar surface area (TPSA) is 12.5 Å². The monoisotopic (exact) mass is 295 g/mol. The van der Waals surface area contributed by atoms with Crippen molar-refractivity contribution in [1.82, 2.24) is 9.47 Å². The van der Waals surface area contributed by atoms with Crippen LogP contribution in [0.25, 0.3) is 15.7 Å². The molecule has 3 heteroatoms. The molecule has 22 heavy (non-hydrogen) atoms. The van der Waals surface area contributed by atoms with Gasteiger partial charge in [0.1, 0.15) is 0 Å². The standard InChI is InChI=1S/C19H25N3/c1-5-22-13-18(16-8-6-7-14(16)12-21(3)4)17-11-15(20-2)9-10-19(17)22/h9-11,13-14,16H,5-8,12H2,1,3-4H3. The second kappa shape index (κ2) is 6.14. The maximum Gasteiger partial charge on any atom is 0.187 e. The molecule has 0 bridgehead atoms. The Kier molecular flexibility index (Phi) is 4.22. The highest BCUT2D eigenvalue weighted by Gasteiger charge is 2.31. The van der Waals surface area contributed by atoms with E-state index in [0.29, 0.717) is 5.92 Å². The lowest BCUT2D eigenvalue weighted by atomic mass is 9.88. The van der Waals surface area contributed by atoms with Crippen molar-refractivity contribution in [3.05, 3.63) is 41.4 Å². The molecule has 0 N–H and O–H groups in total. The number of hydrogen-bond donors (Lipinski definition) is 0. The highest BCUT2D eigenvalue weighted by molar-refractivity contribution is 5.88. The zero-order chi connectivity index (χ0) is 15.7. The van der Waals surface area contributed by atoms with Crippen molar-refractivity contribution in [2.24, 2.45) is 5.92 Å². The van der Waals surface area contributed by atoms with Gasteiger partial charge in [0.25, 0.3) is 0 Å². The summed E-state index contributed by atoms with van der Waals surface area (Å²) in [6.45, 7) is 11.6. The Morgan fingerprint density at radius 3 is 2.82 bits per heavy atom. The molecule has 3 rings (SSSR count). The van der Waals surface area contributed by atoms with E-state index in [0.717, 1.165) is 24.7 Å². The van der Waals surface area contributed by atoms with E-state index >= 15 is 0 Å². The summed E-state index contributed by atoms with van der Waals surface area (Å²) in [5.74, 6) is 1.38. The van der Waals surface area contributed by atoms with Gasteiger partial charge in [0.05, 0.1) is 6.57 Å². The van der Waals surface area contributed by atoms with E-state index in [2.05, 4.69) is 53.7 Å². The molecule has 2 aromatic rings. The molecular weight excluding hydrogens is 270 g/mol. The highest BCUT2D eigenvalue weighted by atomic mass is 15.1. The van der Waals surface area contributed by atoms with Crippen LogP contribution in [-0.4, -0.2) is 30.1 Å². The first kappa shape index (κ1) is 15.1. The minimum Gasteiger partial charge on any atom is -0.348 e. The maximum absolute atomic E-state index is 7.29. The molecule has 1 aliphatic carbocycles. The molecule has 0 spiro atoms. The molecule has 1 saturated carbocycles. The molecule has 0 aliphatic heterocycles. The fourth-order valence-electron chi connectivity index (χ4n) is 4.07. The van der Waals surface area contributed by atoms with Gasteiger partial charge < -0.3 is 9.47 Å². The van der Waals surface area contributed by atoms with Crippen molar-refractivity contribution in [3.8, 4) is 0 Å². The third kappa shape index (κ3) is 2.64. The summed E-state index contributed by atoms with van der Waals surface area (Å²) in [7, 11) is 4.34. The highest BCUT2D eigenvalue weighted by Crippen LogP contribution is 2.43. The van der Waals surface area contributed by atoms with Crippen LogP contribution in [0.4, 0.5) is 5.69 Å². The maximum atomic E-state index is 7.29. The molecule has 1 aromatic heterocycles. The normalized spacial score (nSPS) is 21.6. The molecule has 0 saturated heterocycles. The average Bonchev–Trinajstić information content (AvgIpc) is 3.09. The quantitative estimate of drug-likeness (QED) is 0.748. The summed E-state index contributed by atoms with van der Waals surface area (Å²) in [6, 6.07) is 6.15. The van der Waals surface area contributed by atoms with Crippen LogP contribution in [0.3, 0.4) is 0 Å². The van der Waals surface area contributed by atoms with Crippen molar-refractivity contribution in [2.75, 3.05) is 20.6 Å². The van der Waals surface area contributed by atoms with Crippen LogP contribution >= 0.6 is 0 Å². The van der Waals surface area contributed by atoms with Crippen LogP contribution in [0, 0.1) is 12.5 Å². The van der Waals surface area contributed by atoms with Gasteiger partial charge in [-0.1, -0.05) is 12.5 Å². The average molecular weight is 295 g/mol. The van der Waals surface area contributed by atoms with Crippen LogP contribution in [0.5, 0.6) is 0 Å². The number of fused-ring (bicyclic) bond motifs is 1. The Hall–Kier alpha value is -1.79. The van der Waals surface area contributed by atoms with Gasteiger partial charge in [-0.3, -0.25) is 0 Å². The van der Waals surface area contributed by atoms with Gasteiger partial charge in [-0.2, -0.15) is 0 Å². The lowest BCUT2D eigenvalue weighted by molar-refractivity contribution is 0.310. The minimum atomic E-state index is 0.638. The molecule has 2 atom stereocenters. The van der Waals surface area contributed by atoms with Crippen molar-refractivity contribution >= 4 is 16.6 Å². The molecular formula is C19H25N3. The lowest BCUT2D eigenvalue weighted by Crippen LogP contribution is -2.23. The number of aryl methyl sites for hydroxylation is 1. The summed E-state index contributed by atoms with van der Waals surface area (Å²) in [5.41, 5.74) is 3.50. The van der Waals surface area contributed by atoms with Crippen molar-refractivity contribution < 1.29 is 0 Å². The van der Waals surface area contributed by atoms with Crippen LogP contribution in [-0.2, 0) is 6.54 Å². The number of nitrogens with zero attached hydrogens (tertiary/aromatic N) is 3. The van der Waals surface area contributed by atoms with Gasteiger partial charge in [-0.15, -0.1) is 0 Å². The van der Waals surface area contributed by atoms with Gasteiger partial charge in [0.2, 0.25) is 0 Å². The van der Waals surface area contributed by atoms with Crippen LogP contribution < -0.4 is 0 Å². The van der Waals surface area contributed by atoms with Crippen LogP contribution in [0.2, 0.25) is 0 Å². The molecule has 0 radical (unpaired) electrons. The minimum absolute atomic E-state index is 0.638. The Morgan fingerprint density at radius 2 is 2.14 bits per heavy atom. The van der Waals surface area contributed by atoms with Crippen molar-refractivity contribution in [1.29, 1.82) is 0 Å². The van der Waals surface area contributed by atoms with Gasteiger partial charge in [0.15, 0.2) is 5.69 Å². The Balaban J connectivity index is 2.07. The largest absolute Gasteiger partial charge is 0.348 e. The third-order valence-corrected chi connectivity index (χ3v) is 5.02. The molecule has 3 nitrogen and oxygen atoms in total. The number of hydrogen-bond acceptors (Lipinski definition) is 1. The summed E-state index contributed by atoms with van der Waals surface area (Å²) >= 11 is 0. The third-order valence-electron chi connectivity index (χ3n) is 5.02. The fourth-order valence-corrected chi connectivity index (χ4v) is 4.07. The second-order valence-electron chi connectivity index (χ2n) is 6.74. The van der Waals surface area contributed by atoms with Crippen molar-refractivity contribution in [2.45, 2.75) is 38.6 Å². The summed E-state index contributed by atoms with van der Waals surface area (Å²) < 4.78 is 2.34. The van der Waals surface area contributed by atoms with E-state index in [9.17, 15) is 0 Å². The van der Waals surface area contributed by atoms with Crippen LogP contribution in [0.1, 0.15) is 37.7 Å². The van der Waals surface area contributed by atoms with E-state index in [1.807, 2.05) is 6.07 Å². The van der Waals surface area contributed by atoms with Gasteiger partial charge in [-0.05, 0) is 68.8 Å². The first-order valence-corrected chi connectivity index (χ1v) is 8.29. The molecule has 116 valence electrons. The van der Waals surface area contributed by atoms with E-state index in [4.69, 9.17) is 6.57 Å². The number of benzene rings is 1. The Morgan fingerprint density at radius 1 is 1.32 bits per heavy atom. The molecule has 1 fully saturated rings. The molecule has 0 amide bonds. The predicted molar refractivity (Wildman–Crippen MR) is 92.5 cm³/mol. The molecule has 1 heterocycles. The van der Waals surface area contributed by atoms with E-state index in [1.54, 1.807) is 0 Å². The lowest BCUT2D eigenvalue weighted by Gasteiger charge is -2.23. The summed E-state index contributed by atoms with van der Waals surface area (Å²) in [5, 5.41) is 1.30. The zero-order valence-corrected chi connectivity index (χ0v) is 13.8. The molecule has 2 unspecified atom stereocenters. The Labute approximate surface area is 133 Å². The summed E-state index contributed by atoms with van der Waals surface area (Å²) in [6.07, 6.45) is 6.27. The second-order valence-corrected chi connectivity index (χ2v) is 6.74. The number of aromatic nitrogens is 1. The van der Waals surface area contributed by atoms with Gasteiger partial charge >= 0.3 is 0 Å². The summed E-state index contributed by atoms with van der Waals surface area (Å²) in [4.78, 5) is 5.94. The number of rotatable bonds is 4. The zero-order valence-electron chi connectivity index (χ0n) is 13.8. The van der Waals surface area contributed by atoms with Crippen LogP contribution in [0.15, 0.2) is 24.4 Å². The van der Waals surface area contributed by atoms with E-state index in [-0.39, 0.29) is 0 Å². The van der Waals surface area contributed by atoms with Crippen molar-refractivity contribution in [3.63, 3.8) is 0 Å². The van der Waals surface area contributed by atoms with Gasteiger partial charge in [0, 0.05) is 24.8 Å². The van der Waals surface area contributed by atoms with E-state index in [1.165, 1.54) is 35.7 Å². The first-order valence-electron chi connectivity index (χ1n) is 8.29. The molecule has 1 aromatic carbocycles. The smallest absolute Gasteiger partial charge is 0.187 e. The predicted octanol–water partition coefficient (Wildman–Crippen LogP) is 4.66. The first-order chi connectivity index (χ1) is 10.6. The fraction of sp³-hybridized carbons (Fsp3) is 0.526. The molecule has 1 aliphatic rings. The Bertz CT molecular complexity index is 705.